The monoisotopic (exact) mass is 575 g/mol. The molecule has 0 aromatic heterocycles. The molecule has 2 amide bonds. The molecule has 7 nitrogen and oxygen atoms in total. The van der Waals surface area contributed by atoms with Crippen LogP contribution in [0.3, 0.4) is 0 Å². The van der Waals surface area contributed by atoms with Crippen molar-refractivity contribution in [2.75, 3.05) is 56.5 Å². The molecule has 0 saturated carbocycles. The molecule has 3 aliphatic heterocycles. The number of nitrogens with one attached hydrogen (secondary N) is 2. The molecule has 0 radical (unpaired) electrons. The Morgan fingerprint density at radius 3 is 2.34 bits per heavy atom. The molecule has 3 aliphatic rings. The van der Waals surface area contributed by atoms with Crippen molar-refractivity contribution in [1.82, 2.24) is 15.1 Å². The van der Waals surface area contributed by atoms with Gasteiger partial charge in [-0.05, 0) is 76.2 Å². The first-order valence-corrected chi connectivity index (χ1v) is 14.0. The quantitative estimate of drug-likeness (QED) is 0.484. The molecule has 2 N–H and O–H groups in total. The number of rotatable bonds is 6. The van der Waals surface area contributed by atoms with Gasteiger partial charge in [-0.1, -0.05) is 12.1 Å². The number of alkyl halides is 3. The zero-order valence-electron chi connectivity index (χ0n) is 23.9. The second kappa shape index (κ2) is 10.8. The average molecular weight is 576 g/mol. The number of likely N-dealkylation sites (tertiary alicyclic amines) is 2. The minimum absolute atomic E-state index is 0.0219. The van der Waals surface area contributed by atoms with E-state index in [4.69, 9.17) is 0 Å². The number of nitrogens with zero attached hydrogens (tertiary/aromatic N) is 3. The van der Waals surface area contributed by atoms with Gasteiger partial charge in [-0.3, -0.25) is 9.59 Å². The van der Waals surface area contributed by atoms with Gasteiger partial charge in [0.1, 0.15) is 5.82 Å². The number of carbonyl (C=O) groups excluding carboxylic acids is 2. The van der Waals surface area contributed by atoms with Gasteiger partial charge >= 0.3 is 6.18 Å². The maximum atomic E-state index is 15.5. The van der Waals surface area contributed by atoms with Crippen LogP contribution in [0.5, 0.6) is 0 Å². The fourth-order valence-electron chi connectivity index (χ4n) is 6.39. The van der Waals surface area contributed by atoms with Gasteiger partial charge in [-0.15, -0.1) is 0 Å². The molecule has 0 aliphatic carbocycles. The van der Waals surface area contributed by atoms with E-state index in [1.165, 1.54) is 26.0 Å². The van der Waals surface area contributed by atoms with Crippen LogP contribution in [-0.4, -0.2) is 74.0 Å². The standard InChI is InChI=1S/C30H37F4N5O2/c1-18-22(6-5-7-24(18)30(32,33)34)19(2)35-28(41)23-12-27(39-16-29(17-39)14-38(15-29)20(3)40)25(31)13-26(23)36-21-8-10-37(4)11-9-21/h5-7,12-13,19,21,36H,8-11,14-17H2,1-4H3,(H,35,41)/t19-/m1/s1. The molecule has 3 heterocycles. The van der Waals surface area contributed by atoms with Crippen molar-refractivity contribution in [3.8, 4) is 0 Å². The number of halogens is 4. The third-order valence-corrected chi connectivity index (χ3v) is 8.80. The lowest BCUT2D eigenvalue weighted by molar-refractivity contribution is -0.142. The molecule has 0 bridgehead atoms. The van der Waals surface area contributed by atoms with E-state index in [1.807, 2.05) is 11.9 Å². The second-order valence-electron chi connectivity index (χ2n) is 12.0. The predicted octanol–water partition coefficient (Wildman–Crippen LogP) is 4.82. The molecule has 1 spiro atoms. The summed E-state index contributed by atoms with van der Waals surface area (Å²) in [5, 5.41) is 6.22. The summed E-state index contributed by atoms with van der Waals surface area (Å²) >= 11 is 0. The highest BCUT2D eigenvalue weighted by molar-refractivity contribution is 6.01. The van der Waals surface area contributed by atoms with Gasteiger partial charge in [0.2, 0.25) is 5.91 Å². The Morgan fingerprint density at radius 2 is 1.73 bits per heavy atom. The van der Waals surface area contributed by atoms with E-state index in [2.05, 4.69) is 15.5 Å². The molecule has 0 unspecified atom stereocenters. The van der Waals surface area contributed by atoms with Crippen LogP contribution in [0.4, 0.5) is 28.9 Å². The third kappa shape index (κ3) is 5.86. The van der Waals surface area contributed by atoms with Crippen molar-refractivity contribution < 1.29 is 27.2 Å². The number of carbonyl (C=O) groups is 2. The van der Waals surface area contributed by atoms with Gasteiger partial charge in [0.05, 0.1) is 28.5 Å². The van der Waals surface area contributed by atoms with Crippen LogP contribution < -0.4 is 15.5 Å². The zero-order chi connectivity index (χ0) is 29.7. The number of amides is 2. The van der Waals surface area contributed by atoms with Gasteiger partial charge in [0, 0.05) is 44.6 Å². The van der Waals surface area contributed by atoms with E-state index in [9.17, 15) is 22.8 Å². The number of anilines is 2. The van der Waals surface area contributed by atoms with Crippen molar-refractivity contribution in [2.24, 2.45) is 5.41 Å². The van der Waals surface area contributed by atoms with Crippen molar-refractivity contribution in [3.05, 3.63) is 58.4 Å². The summed E-state index contributed by atoms with van der Waals surface area (Å²) in [6, 6.07) is 6.19. The molecule has 5 rings (SSSR count). The highest BCUT2D eigenvalue weighted by Crippen LogP contribution is 2.43. The normalized spacial score (nSPS) is 19.9. The minimum Gasteiger partial charge on any atom is -0.381 e. The molecular formula is C30H37F4N5O2. The van der Waals surface area contributed by atoms with Crippen LogP contribution in [0.2, 0.25) is 0 Å². The zero-order valence-corrected chi connectivity index (χ0v) is 23.9. The molecule has 11 heteroatoms. The maximum Gasteiger partial charge on any atom is 0.416 e. The molecule has 3 fully saturated rings. The topological polar surface area (TPSA) is 67.9 Å². The molecule has 41 heavy (non-hydrogen) atoms. The predicted molar refractivity (Wildman–Crippen MR) is 150 cm³/mol. The third-order valence-electron chi connectivity index (χ3n) is 8.80. The Hall–Kier alpha value is -3.34. The van der Waals surface area contributed by atoms with Crippen LogP contribution in [-0.2, 0) is 11.0 Å². The first-order chi connectivity index (χ1) is 19.3. The lowest BCUT2D eigenvalue weighted by Crippen LogP contribution is -2.73. The minimum atomic E-state index is -4.50. The summed E-state index contributed by atoms with van der Waals surface area (Å²) in [5.41, 5.74) is 0.550. The number of hydrogen-bond acceptors (Lipinski definition) is 5. The molecule has 2 aromatic carbocycles. The Kier molecular flexibility index (Phi) is 7.69. The van der Waals surface area contributed by atoms with Gasteiger partial charge in [0.15, 0.2) is 0 Å². The highest BCUT2D eigenvalue weighted by atomic mass is 19.4. The molecule has 1 atom stereocenters. The fraction of sp³-hybridized carbons (Fsp3) is 0.533. The Bertz CT molecular complexity index is 1320. The van der Waals surface area contributed by atoms with E-state index in [0.717, 1.165) is 32.0 Å². The molecule has 2 aromatic rings. The Labute approximate surface area is 237 Å². The number of piperidine rings is 1. The van der Waals surface area contributed by atoms with Gasteiger partial charge < -0.3 is 25.3 Å². The van der Waals surface area contributed by atoms with Crippen LogP contribution in [0, 0.1) is 18.2 Å². The molecule has 3 saturated heterocycles. The molecule has 222 valence electrons. The smallest absolute Gasteiger partial charge is 0.381 e. The lowest BCUT2D eigenvalue weighted by Gasteiger charge is -2.60. The number of hydrogen-bond donors (Lipinski definition) is 2. The summed E-state index contributed by atoms with van der Waals surface area (Å²) in [6.45, 7) is 8.76. The summed E-state index contributed by atoms with van der Waals surface area (Å²) in [6.07, 6.45) is -2.83. The van der Waals surface area contributed by atoms with E-state index in [-0.39, 0.29) is 28.5 Å². The van der Waals surface area contributed by atoms with Crippen molar-refractivity contribution >= 4 is 23.2 Å². The Balaban J connectivity index is 1.39. The van der Waals surface area contributed by atoms with Crippen LogP contribution in [0.15, 0.2) is 30.3 Å². The van der Waals surface area contributed by atoms with Crippen molar-refractivity contribution in [2.45, 2.75) is 51.9 Å². The highest BCUT2D eigenvalue weighted by Gasteiger charge is 2.53. The lowest BCUT2D eigenvalue weighted by atomic mass is 9.72. The second-order valence-corrected chi connectivity index (χ2v) is 12.0. The van der Waals surface area contributed by atoms with E-state index < -0.39 is 29.5 Å². The summed E-state index contributed by atoms with van der Waals surface area (Å²) in [5.74, 6) is -0.919. The van der Waals surface area contributed by atoms with Gasteiger partial charge in [-0.2, -0.15) is 13.2 Å². The summed E-state index contributed by atoms with van der Waals surface area (Å²) in [7, 11) is 2.04. The van der Waals surface area contributed by atoms with Crippen LogP contribution in [0.1, 0.15) is 59.8 Å². The average Bonchev–Trinajstić information content (AvgIpc) is 2.83. The van der Waals surface area contributed by atoms with E-state index >= 15 is 4.39 Å². The summed E-state index contributed by atoms with van der Waals surface area (Å²) < 4.78 is 56.0. The van der Waals surface area contributed by atoms with E-state index in [0.29, 0.717) is 43.1 Å². The van der Waals surface area contributed by atoms with Crippen molar-refractivity contribution in [3.63, 3.8) is 0 Å². The van der Waals surface area contributed by atoms with E-state index in [1.54, 1.807) is 24.0 Å². The number of benzene rings is 2. The van der Waals surface area contributed by atoms with Crippen LogP contribution >= 0.6 is 0 Å². The first kappa shape index (κ1) is 29.2. The first-order valence-electron chi connectivity index (χ1n) is 14.0. The fourth-order valence-corrected chi connectivity index (χ4v) is 6.39. The maximum absolute atomic E-state index is 15.5. The molecular weight excluding hydrogens is 538 g/mol. The van der Waals surface area contributed by atoms with Crippen LogP contribution in [0.25, 0.3) is 0 Å². The Morgan fingerprint density at radius 1 is 1.07 bits per heavy atom. The SMILES string of the molecule is CC(=O)N1CC2(C1)CN(c1cc(C(=O)N[C@H](C)c3cccc(C(F)(F)F)c3C)c(NC3CCN(C)CC3)cc1F)C2. The van der Waals surface area contributed by atoms with Crippen molar-refractivity contribution in [1.29, 1.82) is 0 Å². The summed E-state index contributed by atoms with van der Waals surface area (Å²) in [4.78, 5) is 31.1. The largest absolute Gasteiger partial charge is 0.416 e. The van der Waals surface area contributed by atoms with Gasteiger partial charge in [-0.25, -0.2) is 4.39 Å². The van der Waals surface area contributed by atoms with Gasteiger partial charge in [0.25, 0.3) is 5.91 Å².